The van der Waals surface area contributed by atoms with Gasteiger partial charge in [-0.05, 0) is 12.1 Å². The van der Waals surface area contributed by atoms with Crippen molar-refractivity contribution in [1.82, 2.24) is 0 Å². The molecule has 0 radical (unpaired) electrons. The third-order valence-electron chi connectivity index (χ3n) is 3.28. The van der Waals surface area contributed by atoms with Gasteiger partial charge in [0, 0.05) is 5.56 Å². The van der Waals surface area contributed by atoms with Gasteiger partial charge in [0.05, 0.1) is 16.7 Å². The molecule has 2 rings (SSSR count). The maximum Gasteiger partial charge on any atom is 0.424 e. The normalized spacial score (nSPS) is 12.8. The highest BCUT2D eigenvalue weighted by molar-refractivity contribution is 7.63. The number of rotatable bonds is 4. The molecule has 2 aromatic rings. The molecule has 0 spiro atoms. The van der Waals surface area contributed by atoms with Crippen LogP contribution in [0.4, 0.5) is 26.3 Å². The van der Waals surface area contributed by atoms with Crippen molar-refractivity contribution < 1.29 is 35.7 Å². The van der Waals surface area contributed by atoms with Crippen molar-refractivity contribution in [3.63, 3.8) is 0 Å². The van der Waals surface area contributed by atoms with Crippen molar-refractivity contribution in [2.75, 3.05) is 0 Å². The minimum Gasteiger partial charge on any atom is -0.234 e. The van der Waals surface area contributed by atoms with E-state index in [1.54, 1.807) is 18.2 Å². The first kappa shape index (κ1) is 19.1. The Morgan fingerprint density at radius 3 is 1.72 bits per heavy atom. The quantitative estimate of drug-likeness (QED) is 0.490. The fraction of sp³-hybridized carbons (Fsp3) is 0.188. The van der Waals surface area contributed by atoms with Gasteiger partial charge in [0.25, 0.3) is 0 Å². The predicted molar refractivity (Wildman–Crippen MR) is 78.5 cm³/mol. The van der Waals surface area contributed by atoms with Gasteiger partial charge in [-0.3, -0.25) is 0 Å². The highest BCUT2D eigenvalue weighted by Gasteiger charge is 2.47. The molecule has 0 bridgehead atoms. The van der Waals surface area contributed by atoms with Crippen molar-refractivity contribution in [3.8, 4) is 0 Å². The van der Waals surface area contributed by atoms with Gasteiger partial charge >= 0.3 is 25.7 Å². The fourth-order valence-electron chi connectivity index (χ4n) is 2.20. The van der Waals surface area contributed by atoms with Crippen LogP contribution in [0.15, 0.2) is 48.5 Å². The fourth-order valence-corrected chi connectivity index (χ4v) is 3.38. The molecule has 0 aromatic heterocycles. The topological polar surface area (TPSA) is 34.1 Å². The number of hydrogen-bond donors (Lipinski definition) is 0. The molecule has 0 aliphatic heterocycles. The number of carbonyl (C=O) groups excluding carboxylic acids is 1. The second kappa shape index (κ2) is 6.96. The van der Waals surface area contributed by atoms with Gasteiger partial charge in [-0.2, -0.15) is 26.3 Å². The molecule has 132 valence electrons. The average Bonchev–Trinajstić information content (AvgIpc) is 2.52. The second-order valence-electron chi connectivity index (χ2n) is 5.05. The highest BCUT2D eigenvalue weighted by atomic mass is 31.1. The number of alkyl halides is 6. The Labute approximate surface area is 139 Å². The summed E-state index contributed by atoms with van der Waals surface area (Å²) in [5, 5.41) is 0. The van der Waals surface area contributed by atoms with E-state index in [0.717, 1.165) is 0 Å². The average molecular weight is 379 g/mol. The third-order valence-corrected chi connectivity index (χ3v) is 4.61. The third kappa shape index (κ3) is 4.45. The Morgan fingerprint density at radius 1 is 0.800 bits per heavy atom. The minimum absolute atomic E-state index is 0.369. The number of benzene rings is 2. The van der Waals surface area contributed by atoms with Gasteiger partial charge in [-0.1, -0.05) is 41.0 Å². The van der Waals surface area contributed by atoms with E-state index < -0.39 is 48.5 Å². The summed E-state index contributed by atoms with van der Waals surface area (Å²) in [4.78, 5) is 12.2. The minimum atomic E-state index is -5.19. The summed E-state index contributed by atoms with van der Waals surface area (Å²) in [6.45, 7) is 0. The van der Waals surface area contributed by atoms with Crippen LogP contribution in [0.3, 0.4) is 0 Å². The first-order valence-corrected chi connectivity index (χ1v) is 8.26. The van der Waals surface area contributed by atoms with Crippen LogP contribution >= 0.6 is 7.80 Å². The van der Waals surface area contributed by atoms with Crippen LogP contribution in [0.25, 0.3) is 0 Å². The van der Waals surface area contributed by atoms with E-state index in [1.807, 2.05) is 0 Å². The zero-order chi connectivity index (χ0) is 18.8. The summed E-state index contributed by atoms with van der Waals surface area (Å²) in [5.74, 6) is 0. The summed E-state index contributed by atoms with van der Waals surface area (Å²) in [7, 11) is -3.01. The first-order chi connectivity index (χ1) is 11.5. The summed E-state index contributed by atoms with van der Waals surface area (Å²) in [6, 6.07) is 8.97. The number of hydrogen-bond acceptors (Lipinski definition) is 2. The van der Waals surface area contributed by atoms with Crippen LogP contribution in [0.2, 0.25) is 0 Å². The van der Waals surface area contributed by atoms with E-state index >= 15 is 0 Å². The molecule has 1 atom stereocenters. The highest BCUT2D eigenvalue weighted by Crippen LogP contribution is 2.43. The molecule has 25 heavy (non-hydrogen) atoms. The van der Waals surface area contributed by atoms with Gasteiger partial charge in [0.2, 0.25) is 0 Å². The molecule has 0 aliphatic carbocycles. The molecule has 0 heterocycles. The zero-order valence-corrected chi connectivity index (χ0v) is 13.3. The van der Waals surface area contributed by atoms with Crippen LogP contribution in [0, 0.1) is 0 Å². The van der Waals surface area contributed by atoms with Gasteiger partial charge in [-0.15, -0.1) is 0 Å². The Balaban J connectivity index is 2.52. The van der Waals surface area contributed by atoms with Crippen LogP contribution in [-0.4, -0.2) is 5.52 Å². The lowest BCUT2D eigenvalue weighted by molar-refractivity contribution is -0.143. The summed E-state index contributed by atoms with van der Waals surface area (Å²) < 4.78 is 90.5. The molecule has 0 fully saturated rings. The largest absolute Gasteiger partial charge is 0.424 e. The Kier molecular flexibility index (Phi) is 5.32. The maximum absolute atomic E-state index is 13.1. The molecular formula is C16H10F6O2P+. The smallest absolute Gasteiger partial charge is 0.234 e. The first-order valence-electron chi connectivity index (χ1n) is 6.82. The van der Waals surface area contributed by atoms with E-state index in [1.165, 1.54) is 12.1 Å². The molecule has 2 nitrogen and oxygen atoms in total. The Morgan fingerprint density at radius 2 is 1.28 bits per heavy atom. The van der Waals surface area contributed by atoms with Crippen LogP contribution in [0.1, 0.15) is 27.0 Å². The lowest BCUT2D eigenvalue weighted by atomic mass is 10.0. The van der Waals surface area contributed by atoms with E-state index in [9.17, 15) is 35.7 Å². The van der Waals surface area contributed by atoms with E-state index in [4.69, 9.17) is 0 Å². The lowest BCUT2D eigenvalue weighted by Gasteiger charge is -2.15. The van der Waals surface area contributed by atoms with Crippen LogP contribution in [0.5, 0.6) is 0 Å². The second-order valence-corrected chi connectivity index (χ2v) is 6.53. The molecule has 0 saturated carbocycles. The summed E-state index contributed by atoms with van der Waals surface area (Å²) in [5.41, 5.74) is -6.39. The zero-order valence-electron chi connectivity index (χ0n) is 12.4. The molecule has 0 amide bonds. The molecule has 0 aliphatic rings. The van der Waals surface area contributed by atoms with Gasteiger partial charge in [0.1, 0.15) is 0 Å². The van der Waals surface area contributed by atoms with Crippen molar-refractivity contribution in [3.05, 3.63) is 70.8 Å². The summed E-state index contributed by atoms with van der Waals surface area (Å²) >= 11 is 0. The lowest BCUT2D eigenvalue weighted by Crippen LogP contribution is -2.19. The van der Waals surface area contributed by atoms with Gasteiger partial charge < -0.3 is 0 Å². The van der Waals surface area contributed by atoms with E-state index in [2.05, 4.69) is 0 Å². The Bertz CT molecular complexity index is 764. The van der Waals surface area contributed by atoms with Crippen molar-refractivity contribution in [2.45, 2.75) is 18.5 Å². The van der Waals surface area contributed by atoms with Gasteiger partial charge in [-0.25, -0.2) is 4.79 Å². The number of carbonyl (C=O) groups is 1. The van der Waals surface area contributed by atoms with E-state index in [-0.39, 0.29) is 0 Å². The van der Waals surface area contributed by atoms with Crippen LogP contribution < -0.4 is 0 Å². The molecule has 2 aromatic carbocycles. The summed E-state index contributed by atoms with van der Waals surface area (Å²) in [6.07, 6.45) is -10.8. The molecule has 1 unspecified atom stereocenters. The van der Waals surface area contributed by atoms with Gasteiger partial charge in [0.15, 0.2) is 6.16 Å². The SMILES string of the molecule is O=C(c1c(C(F)(F)F)cccc1C(F)(F)F)[P+](=O)Cc1ccccc1. The van der Waals surface area contributed by atoms with E-state index in [0.29, 0.717) is 23.8 Å². The van der Waals surface area contributed by atoms with Crippen molar-refractivity contribution in [2.24, 2.45) is 0 Å². The monoisotopic (exact) mass is 379 g/mol. The standard InChI is InChI=1S/C16H10F6O2P/c17-15(18,19)11-7-4-8-12(16(20,21)22)13(11)14(23)25(24)9-10-5-2-1-3-6-10/h1-8H,9H2/q+1. The Hall–Kier alpha value is -2.21. The molecular weight excluding hydrogens is 369 g/mol. The van der Waals surface area contributed by atoms with Crippen molar-refractivity contribution >= 4 is 13.3 Å². The number of halogens is 6. The maximum atomic E-state index is 13.1. The molecule has 0 N–H and O–H groups in total. The predicted octanol–water partition coefficient (Wildman–Crippen LogP) is 5.89. The molecule has 0 saturated heterocycles. The molecule has 9 heteroatoms. The van der Waals surface area contributed by atoms with Crippen molar-refractivity contribution in [1.29, 1.82) is 0 Å². The van der Waals surface area contributed by atoms with Crippen LogP contribution in [-0.2, 0) is 23.1 Å².